The molecule has 0 aromatic carbocycles. The lowest BCUT2D eigenvalue weighted by molar-refractivity contribution is 0.0943. The van der Waals surface area contributed by atoms with Gasteiger partial charge in [0.15, 0.2) is 0 Å². The summed E-state index contributed by atoms with van der Waals surface area (Å²) in [5.41, 5.74) is 3.52. The zero-order valence-corrected chi connectivity index (χ0v) is 14.0. The number of hydrogen-bond donors (Lipinski definition) is 1. The summed E-state index contributed by atoms with van der Waals surface area (Å²) in [6.45, 7) is 0.502. The molecule has 4 rings (SSSR count). The van der Waals surface area contributed by atoms with Crippen molar-refractivity contribution in [3.8, 4) is 11.3 Å². The molecule has 26 heavy (non-hydrogen) atoms. The molecule has 6 heteroatoms. The van der Waals surface area contributed by atoms with Crippen LogP contribution in [0.25, 0.3) is 16.8 Å². The van der Waals surface area contributed by atoms with Gasteiger partial charge in [-0.3, -0.25) is 19.2 Å². The molecule has 1 N–H and O–H groups in total. The van der Waals surface area contributed by atoms with Gasteiger partial charge in [-0.05, 0) is 36.4 Å². The Morgan fingerprint density at radius 3 is 2.65 bits per heavy atom. The maximum atomic E-state index is 12.7. The van der Waals surface area contributed by atoms with E-state index < -0.39 is 0 Å². The summed E-state index contributed by atoms with van der Waals surface area (Å²) < 4.78 is 1.81. The molecule has 0 aliphatic rings. The Morgan fingerprint density at radius 1 is 1.00 bits per heavy atom. The number of fused-ring (bicyclic) bond motifs is 1. The fourth-order valence-electron chi connectivity index (χ4n) is 2.85. The number of aromatic nitrogens is 4. The number of hydrogen-bond acceptors (Lipinski definition) is 4. The fraction of sp³-hybridized carbons (Fsp3) is 0.100. The summed E-state index contributed by atoms with van der Waals surface area (Å²) in [7, 11) is 0. The first-order chi connectivity index (χ1) is 12.8. The molecule has 1 amide bonds. The van der Waals surface area contributed by atoms with Crippen LogP contribution < -0.4 is 5.32 Å². The highest BCUT2D eigenvalue weighted by atomic mass is 16.2. The Kier molecular flexibility index (Phi) is 4.38. The number of nitrogens with zero attached hydrogens (tertiary/aromatic N) is 4. The lowest BCUT2D eigenvalue weighted by atomic mass is 10.2. The van der Waals surface area contributed by atoms with E-state index in [1.807, 2.05) is 59.1 Å². The molecule has 6 nitrogen and oxygen atoms in total. The molecule has 4 aromatic heterocycles. The summed E-state index contributed by atoms with van der Waals surface area (Å²) >= 11 is 0. The molecular weight excluding hydrogens is 326 g/mol. The average Bonchev–Trinajstić information content (AvgIpc) is 3.09. The van der Waals surface area contributed by atoms with E-state index in [-0.39, 0.29) is 5.91 Å². The van der Waals surface area contributed by atoms with Crippen molar-refractivity contribution in [1.29, 1.82) is 0 Å². The predicted molar refractivity (Wildman–Crippen MR) is 98.7 cm³/mol. The highest BCUT2D eigenvalue weighted by Crippen LogP contribution is 2.24. The van der Waals surface area contributed by atoms with Crippen LogP contribution in [0.5, 0.6) is 0 Å². The van der Waals surface area contributed by atoms with Gasteiger partial charge >= 0.3 is 0 Å². The number of nitrogens with one attached hydrogen (secondary N) is 1. The van der Waals surface area contributed by atoms with Crippen LogP contribution in [0.3, 0.4) is 0 Å². The lowest BCUT2D eigenvalue weighted by Gasteiger charge is -2.04. The van der Waals surface area contributed by atoms with Crippen LogP contribution in [0.1, 0.15) is 16.3 Å². The Morgan fingerprint density at radius 2 is 1.85 bits per heavy atom. The molecule has 128 valence electrons. The van der Waals surface area contributed by atoms with Crippen LogP contribution in [0, 0.1) is 0 Å². The largest absolute Gasteiger partial charge is 0.349 e. The molecule has 0 unspecified atom stereocenters. The monoisotopic (exact) mass is 343 g/mol. The summed E-state index contributed by atoms with van der Waals surface area (Å²) in [6, 6.07) is 15.3. The Labute approximate surface area is 150 Å². The molecular formula is C20H17N5O. The van der Waals surface area contributed by atoms with Crippen molar-refractivity contribution < 1.29 is 4.79 Å². The molecule has 0 spiro atoms. The summed E-state index contributed by atoms with van der Waals surface area (Å²) in [6.07, 6.45) is 7.71. The second-order valence-corrected chi connectivity index (χ2v) is 5.80. The van der Waals surface area contributed by atoms with Gasteiger partial charge in [0.05, 0.1) is 11.2 Å². The van der Waals surface area contributed by atoms with Crippen molar-refractivity contribution >= 4 is 11.4 Å². The SMILES string of the molecule is O=C(NCCc1ccccn1)c1nc(-c2ccncc2)c2ccccn12. The fourth-order valence-corrected chi connectivity index (χ4v) is 2.85. The van der Waals surface area contributed by atoms with Gasteiger partial charge in [0.25, 0.3) is 5.91 Å². The predicted octanol–water partition coefficient (Wildman–Crippen LogP) is 2.76. The van der Waals surface area contributed by atoms with Crippen LogP contribution in [0.4, 0.5) is 0 Å². The minimum Gasteiger partial charge on any atom is -0.349 e. The second-order valence-electron chi connectivity index (χ2n) is 5.80. The topological polar surface area (TPSA) is 72.2 Å². The Balaban J connectivity index is 1.59. The number of rotatable bonds is 5. The average molecular weight is 343 g/mol. The van der Waals surface area contributed by atoms with Gasteiger partial charge in [0.2, 0.25) is 5.82 Å². The summed E-state index contributed by atoms with van der Waals surface area (Å²) in [5.74, 6) is 0.163. The first kappa shape index (κ1) is 16.0. The van der Waals surface area contributed by atoms with Gasteiger partial charge in [-0.2, -0.15) is 0 Å². The van der Waals surface area contributed by atoms with Crippen molar-refractivity contribution in [3.05, 3.63) is 84.8 Å². The molecule has 0 fully saturated rings. The molecule has 0 radical (unpaired) electrons. The van der Waals surface area contributed by atoms with Gasteiger partial charge in [0.1, 0.15) is 0 Å². The molecule has 0 saturated heterocycles. The number of amides is 1. The highest BCUT2D eigenvalue weighted by Gasteiger charge is 2.17. The van der Waals surface area contributed by atoms with E-state index in [0.717, 1.165) is 22.5 Å². The normalized spacial score (nSPS) is 10.8. The van der Waals surface area contributed by atoms with E-state index in [1.54, 1.807) is 18.6 Å². The van der Waals surface area contributed by atoms with Gasteiger partial charge in [-0.25, -0.2) is 4.98 Å². The van der Waals surface area contributed by atoms with E-state index in [4.69, 9.17) is 0 Å². The number of carbonyl (C=O) groups is 1. The minimum atomic E-state index is -0.206. The lowest BCUT2D eigenvalue weighted by Crippen LogP contribution is -2.27. The van der Waals surface area contributed by atoms with Crippen molar-refractivity contribution in [3.63, 3.8) is 0 Å². The maximum absolute atomic E-state index is 12.7. The van der Waals surface area contributed by atoms with E-state index in [1.165, 1.54) is 0 Å². The summed E-state index contributed by atoms with van der Waals surface area (Å²) in [5, 5.41) is 2.93. The maximum Gasteiger partial charge on any atom is 0.287 e. The highest BCUT2D eigenvalue weighted by molar-refractivity contribution is 5.94. The van der Waals surface area contributed by atoms with Crippen LogP contribution in [-0.2, 0) is 6.42 Å². The molecule has 0 aliphatic heterocycles. The Hall–Kier alpha value is -3.54. The Bertz CT molecular complexity index is 1030. The molecule has 0 aliphatic carbocycles. The molecule has 4 aromatic rings. The molecule has 4 heterocycles. The van der Waals surface area contributed by atoms with E-state index >= 15 is 0 Å². The number of imidazole rings is 1. The first-order valence-electron chi connectivity index (χ1n) is 8.38. The van der Waals surface area contributed by atoms with Crippen molar-refractivity contribution in [2.24, 2.45) is 0 Å². The van der Waals surface area contributed by atoms with E-state index in [9.17, 15) is 4.79 Å². The molecule has 0 saturated carbocycles. The smallest absolute Gasteiger partial charge is 0.287 e. The van der Waals surface area contributed by atoms with Crippen molar-refractivity contribution in [2.75, 3.05) is 6.54 Å². The van der Waals surface area contributed by atoms with Crippen LogP contribution in [-0.4, -0.2) is 31.8 Å². The zero-order valence-electron chi connectivity index (χ0n) is 14.0. The number of pyridine rings is 3. The third kappa shape index (κ3) is 3.17. The van der Waals surface area contributed by atoms with Crippen LogP contribution in [0.2, 0.25) is 0 Å². The van der Waals surface area contributed by atoms with Gasteiger partial charge in [-0.1, -0.05) is 12.1 Å². The first-order valence-corrected chi connectivity index (χ1v) is 8.38. The third-order valence-electron chi connectivity index (χ3n) is 4.10. The van der Waals surface area contributed by atoms with Gasteiger partial charge in [0, 0.05) is 49.0 Å². The van der Waals surface area contributed by atoms with E-state index in [0.29, 0.717) is 18.8 Å². The van der Waals surface area contributed by atoms with Gasteiger partial charge in [-0.15, -0.1) is 0 Å². The minimum absolute atomic E-state index is 0.206. The standard InChI is InChI=1S/C20H17N5O/c26-20(23-13-9-16-5-1-3-10-22-16)19-24-18(15-7-11-21-12-8-15)17-6-2-4-14-25(17)19/h1-8,10-12,14H,9,13H2,(H,23,26). The number of carbonyl (C=O) groups excluding carboxylic acids is 1. The zero-order chi connectivity index (χ0) is 17.8. The second kappa shape index (κ2) is 7.14. The van der Waals surface area contributed by atoms with Gasteiger partial charge < -0.3 is 5.32 Å². The van der Waals surface area contributed by atoms with Crippen molar-refractivity contribution in [1.82, 2.24) is 24.7 Å². The van der Waals surface area contributed by atoms with Crippen LogP contribution >= 0.6 is 0 Å². The van der Waals surface area contributed by atoms with E-state index in [2.05, 4.69) is 20.3 Å². The molecule has 0 atom stereocenters. The summed E-state index contributed by atoms with van der Waals surface area (Å²) in [4.78, 5) is 25.6. The van der Waals surface area contributed by atoms with Crippen LogP contribution in [0.15, 0.2) is 73.3 Å². The molecule has 0 bridgehead atoms. The van der Waals surface area contributed by atoms with Crippen molar-refractivity contribution in [2.45, 2.75) is 6.42 Å². The quantitative estimate of drug-likeness (QED) is 0.605. The third-order valence-corrected chi connectivity index (χ3v) is 4.10.